The molecule has 0 aromatic heterocycles. The molecular formula is C17H16O3. The summed E-state index contributed by atoms with van der Waals surface area (Å²) < 4.78 is 10.0. The van der Waals surface area contributed by atoms with Gasteiger partial charge in [-0.15, -0.1) is 0 Å². The van der Waals surface area contributed by atoms with Crippen LogP contribution in [-0.2, 0) is 11.2 Å². The van der Waals surface area contributed by atoms with Crippen molar-refractivity contribution in [3.63, 3.8) is 0 Å². The van der Waals surface area contributed by atoms with Gasteiger partial charge < -0.3 is 9.47 Å². The molecule has 0 N–H and O–H groups in total. The smallest absolute Gasteiger partial charge is 0.430 e. The van der Waals surface area contributed by atoms with Crippen molar-refractivity contribution >= 4 is 6.16 Å². The molecule has 0 aliphatic rings. The summed E-state index contributed by atoms with van der Waals surface area (Å²) in [5.74, 6) is 0.519. The van der Waals surface area contributed by atoms with Gasteiger partial charge in [0.15, 0.2) is 0 Å². The van der Waals surface area contributed by atoms with Gasteiger partial charge in [0.05, 0.1) is 0 Å². The Hall–Kier alpha value is -2.55. The summed E-state index contributed by atoms with van der Waals surface area (Å²) in [5.41, 5.74) is 2.09. The minimum atomic E-state index is -0.717. The molecule has 0 aliphatic heterocycles. The standard InChI is InChI=1S/C17H16O3/c1-2-12-19-17(18)20-16-11-7-6-10-15(16)13-14-8-4-3-5-9-14/h2-11H,1,12-13H2. The number of ether oxygens (including phenoxy) is 2. The van der Waals surface area contributed by atoms with Crippen molar-refractivity contribution in [3.8, 4) is 5.75 Å². The van der Waals surface area contributed by atoms with Crippen LogP contribution in [0.2, 0.25) is 0 Å². The highest BCUT2D eigenvalue weighted by molar-refractivity contribution is 5.64. The normalized spacial score (nSPS) is 9.80. The Morgan fingerprint density at radius 2 is 1.75 bits per heavy atom. The van der Waals surface area contributed by atoms with Crippen LogP contribution < -0.4 is 4.74 Å². The van der Waals surface area contributed by atoms with Crippen LogP contribution in [0.3, 0.4) is 0 Å². The highest BCUT2D eigenvalue weighted by Gasteiger charge is 2.09. The fourth-order valence-corrected chi connectivity index (χ4v) is 1.81. The second kappa shape index (κ2) is 7.14. The molecule has 0 radical (unpaired) electrons. The van der Waals surface area contributed by atoms with Crippen molar-refractivity contribution in [2.24, 2.45) is 0 Å². The summed E-state index contributed by atoms with van der Waals surface area (Å²) in [6.07, 6.45) is 1.48. The van der Waals surface area contributed by atoms with Crippen molar-refractivity contribution in [3.05, 3.63) is 78.4 Å². The molecule has 0 unspecified atom stereocenters. The molecule has 20 heavy (non-hydrogen) atoms. The van der Waals surface area contributed by atoms with Crippen molar-refractivity contribution in [1.29, 1.82) is 0 Å². The van der Waals surface area contributed by atoms with Crippen LogP contribution in [0.4, 0.5) is 4.79 Å². The molecule has 2 rings (SSSR count). The lowest BCUT2D eigenvalue weighted by molar-refractivity contribution is 0.109. The molecule has 0 aliphatic carbocycles. The average Bonchev–Trinajstić information content (AvgIpc) is 2.48. The van der Waals surface area contributed by atoms with Crippen molar-refractivity contribution in [1.82, 2.24) is 0 Å². The lowest BCUT2D eigenvalue weighted by Crippen LogP contribution is -2.11. The first-order valence-corrected chi connectivity index (χ1v) is 6.37. The Morgan fingerprint density at radius 3 is 2.50 bits per heavy atom. The van der Waals surface area contributed by atoms with Gasteiger partial charge in [-0.3, -0.25) is 0 Å². The van der Waals surface area contributed by atoms with Crippen LogP contribution in [0.15, 0.2) is 67.3 Å². The number of hydrogen-bond donors (Lipinski definition) is 0. The largest absolute Gasteiger partial charge is 0.514 e. The maximum atomic E-state index is 11.5. The predicted octanol–water partition coefficient (Wildman–Crippen LogP) is 3.98. The molecule has 0 fully saturated rings. The van der Waals surface area contributed by atoms with E-state index in [9.17, 15) is 4.79 Å². The third-order valence-corrected chi connectivity index (χ3v) is 2.72. The van der Waals surface area contributed by atoms with Crippen LogP contribution in [0.1, 0.15) is 11.1 Å². The minimum Gasteiger partial charge on any atom is -0.430 e. The van der Waals surface area contributed by atoms with Crippen molar-refractivity contribution < 1.29 is 14.3 Å². The minimum absolute atomic E-state index is 0.139. The molecule has 102 valence electrons. The Morgan fingerprint density at radius 1 is 1.05 bits per heavy atom. The molecule has 0 atom stereocenters. The van der Waals surface area contributed by atoms with E-state index in [4.69, 9.17) is 9.47 Å². The zero-order chi connectivity index (χ0) is 14.2. The SMILES string of the molecule is C=CCOC(=O)Oc1ccccc1Cc1ccccc1. The zero-order valence-corrected chi connectivity index (χ0v) is 11.1. The Kier molecular flexibility index (Phi) is 4.95. The highest BCUT2D eigenvalue weighted by atomic mass is 16.7. The molecule has 3 heteroatoms. The van der Waals surface area contributed by atoms with E-state index in [0.717, 1.165) is 11.1 Å². The van der Waals surface area contributed by atoms with Crippen LogP contribution in [0.5, 0.6) is 5.75 Å². The quantitative estimate of drug-likeness (QED) is 0.467. The van der Waals surface area contributed by atoms with Gasteiger partial charge in [0, 0.05) is 6.42 Å². The number of benzene rings is 2. The average molecular weight is 268 g/mol. The summed E-state index contributed by atoms with van der Waals surface area (Å²) >= 11 is 0. The van der Waals surface area contributed by atoms with Crippen LogP contribution in [0.25, 0.3) is 0 Å². The third kappa shape index (κ3) is 3.99. The Bertz CT molecular complexity index is 576. The van der Waals surface area contributed by atoms with Gasteiger partial charge in [0.1, 0.15) is 12.4 Å². The molecule has 3 nitrogen and oxygen atoms in total. The lowest BCUT2D eigenvalue weighted by atomic mass is 10.0. The fourth-order valence-electron chi connectivity index (χ4n) is 1.81. The Labute approximate surface area is 118 Å². The van der Waals surface area contributed by atoms with Gasteiger partial charge in [-0.2, -0.15) is 0 Å². The monoisotopic (exact) mass is 268 g/mol. The van der Waals surface area contributed by atoms with Gasteiger partial charge >= 0.3 is 6.16 Å². The van der Waals surface area contributed by atoms with Crippen LogP contribution in [-0.4, -0.2) is 12.8 Å². The second-order valence-corrected chi connectivity index (χ2v) is 4.22. The van der Waals surface area contributed by atoms with E-state index in [1.165, 1.54) is 6.08 Å². The molecule has 2 aromatic carbocycles. The lowest BCUT2D eigenvalue weighted by Gasteiger charge is -2.09. The predicted molar refractivity (Wildman–Crippen MR) is 77.9 cm³/mol. The third-order valence-electron chi connectivity index (χ3n) is 2.72. The summed E-state index contributed by atoms with van der Waals surface area (Å²) in [4.78, 5) is 11.5. The van der Waals surface area contributed by atoms with Crippen LogP contribution in [0, 0.1) is 0 Å². The maximum absolute atomic E-state index is 11.5. The van der Waals surface area contributed by atoms with E-state index < -0.39 is 6.16 Å². The number of hydrogen-bond acceptors (Lipinski definition) is 3. The fraction of sp³-hybridized carbons (Fsp3) is 0.118. The summed E-state index contributed by atoms with van der Waals surface area (Å²) in [5, 5.41) is 0. The number of para-hydroxylation sites is 1. The first kappa shape index (κ1) is 13.9. The van der Waals surface area contributed by atoms with Crippen molar-refractivity contribution in [2.45, 2.75) is 6.42 Å². The number of carbonyl (C=O) groups excluding carboxylic acids is 1. The molecule has 0 saturated carbocycles. The van der Waals surface area contributed by atoms with Crippen LogP contribution >= 0.6 is 0 Å². The first-order chi connectivity index (χ1) is 9.79. The van der Waals surface area contributed by atoms with E-state index in [1.807, 2.05) is 48.5 Å². The second-order valence-electron chi connectivity index (χ2n) is 4.22. The zero-order valence-electron chi connectivity index (χ0n) is 11.1. The molecule has 0 saturated heterocycles. The van der Waals surface area contributed by atoms with E-state index in [-0.39, 0.29) is 6.61 Å². The topological polar surface area (TPSA) is 35.5 Å². The first-order valence-electron chi connectivity index (χ1n) is 6.37. The molecule has 0 heterocycles. The summed E-state index contributed by atoms with van der Waals surface area (Å²) in [7, 11) is 0. The summed E-state index contributed by atoms with van der Waals surface area (Å²) in [6, 6.07) is 17.4. The summed E-state index contributed by atoms with van der Waals surface area (Å²) in [6.45, 7) is 3.62. The van der Waals surface area contributed by atoms with Gasteiger partial charge in [0.25, 0.3) is 0 Å². The van der Waals surface area contributed by atoms with Gasteiger partial charge in [-0.25, -0.2) is 4.79 Å². The van der Waals surface area contributed by atoms with Gasteiger partial charge in [0.2, 0.25) is 0 Å². The molecule has 2 aromatic rings. The molecule has 0 amide bonds. The van der Waals surface area contributed by atoms with E-state index in [0.29, 0.717) is 12.2 Å². The number of carbonyl (C=O) groups is 1. The highest BCUT2D eigenvalue weighted by Crippen LogP contribution is 2.21. The van der Waals surface area contributed by atoms with Crippen molar-refractivity contribution in [2.75, 3.05) is 6.61 Å². The Balaban J connectivity index is 2.10. The molecular weight excluding hydrogens is 252 g/mol. The van der Waals surface area contributed by atoms with Gasteiger partial charge in [-0.1, -0.05) is 61.2 Å². The maximum Gasteiger partial charge on any atom is 0.514 e. The van der Waals surface area contributed by atoms with E-state index in [1.54, 1.807) is 6.07 Å². The van der Waals surface area contributed by atoms with E-state index in [2.05, 4.69) is 6.58 Å². The van der Waals surface area contributed by atoms with Gasteiger partial charge in [-0.05, 0) is 17.2 Å². The van der Waals surface area contributed by atoms with E-state index >= 15 is 0 Å². The molecule has 0 bridgehead atoms. The molecule has 0 spiro atoms. The number of rotatable bonds is 5.